The Morgan fingerprint density at radius 2 is 0.720 bits per heavy atom. The second kappa shape index (κ2) is 14.7. The fraction of sp³-hybridized carbons (Fsp3) is 0.0444. The quantitative estimate of drug-likeness (QED) is 0.130. The number of anilines is 6. The topological polar surface area (TPSA) is 42.0 Å². The van der Waals surface area contributed by atoms with E-state index in [2.05, 4.69) is 114 Å². The smallest absolute Gasteiger partial charge is 0.193 e. The summed E-state index contributed by atoms with van der Waals surface area (Å²) in [7, 11) is 1.61. The maximum absolute atomic E-state index is 13.0. The molecule has 50 heavy (non-hydrogen) atoms. The highest BCUT2D eigenvalue weighted by Gasteiger charge is 2.16. The molecule has 0 aromatic heterocycles. The molecule has 0 bridgehead atoms. The van der Waals surface area contributed by atoms with E-state index in [1.807, 2.05) is 48.5 Å². The lowest BCUT2D eigenvalue weighted by atomic mass is 10.0. The number of rotatable bonds is 11. The number of carbonyl (C=O) groups excluding carboxylic acids is 1. The van der Waals surface area contributed by atoms with E-state index < -0.39 is 0 Å². The van der Waals surface area contributed by atoms with Gasteiger partial charge in [0.2, 0.25) is 0 Å². The van der Waals surface area contributed by atoms with E-state index in [1.165, 1.54) is 5.56 Å². The molecule has 0 radical (unpaired) electrons. The van der Waals surface area contributed by atoms with Crippen molar-refractivity contribution in [2.75, 3.05) is 16.9 Å². The van der Waals surface area contributed by atoms with Crippen LogP contribution in [0.5, 0.6) is 17.2 Å². The Hall–Kier alpha value is -6.59. The van der Waals surface area contributed by atoms with Gasteiger partial charge < -0.3 is 19.3 Å². The van der Waals surface area contributed by atoms with Crippen molar-refractivity contribution in [1.29, 1.82) is 0 Å². The number of benzene rings is 7. The summed E-state index contributed by atoms with van der Waals surface area (Å²) in [4.78, 5) is 17.5. The van der Waals surface area contributed by atoms with Crippen molar-refractivity contribution in [1.82, 2.24) is 0 Å². The predicted molar refractivity (Wildman–Crippen MR) is 203 cm³/mol. The average molecular weight is 653 g/mol. The third-order valence-corrected chi connectivity index (χ3v) is 8.49. The maximum Gasteiger partial charge on any atom is 0.193 e. The molecule has 7 aromatic carbocycles. The van der Waals surface area contributed by atoms with E-state index in [1.54, 1.807) is 43.5 Å². The minimum Gasteiger partial charge on any atom is -0.497 e. The molecule has 0 aliphatic heterocycles. The number of methoxy groups -OCH3 is 1. The van der Waals surface area contributed by atoms with Crippen molar-refractivity contribution in [3.05, 3.63) is 199 Å². The summed E-state index contributed by atoms with van der Waals surface area (Å²) in [5.74, 6) is 2.00. The number of hydrogen-bond donors (Lipinski definition) is 0. The molecule has 0 spiro atoms. The molecule has 5 nitrogen and oxygen atoms in total. The third kappa shape index (κ3) is 7.13. The summed E-state index contributed by atoms with van der Waals surface area (Å²) in [6, 6.07) is 60.4. The van der Waals surface area contributed by atoms with Gasteiger partial charge in [0, 0.05) is 45.3 Å². The van der Waals surface area contributed by atoms with Crippen LogP contribution >= 0.6 is 0 Å². The number of carbonyl (C=O) groups is 1. The van der Waals surface area contributed by atoms with Crippen molar-refractivity contribution in [3.8, 4) is 17.2 Å². The van der Waals surface area contributed by atoms with Crippen LogP contribution in [-0.4, -0.2) is 12.9 Å². The summed E-state index contributed by atoms with van der Waals surface area (Å²) in [5, 5.41) is 0. The lowest BCUT2D eigenvalue weighted by molar-refractivity contribution is 0.103. The van der Waals surface area contributed by atoms with Crippen molar-refractivity contribution in [2.45, 2.75) is 6.92 Å². The molecular formula is C45H36N2O3. The first-order valence-corrected chi connectivity index (χ1v) is 16.5. The van der Waals surface area contributed by atoms with Gasteiger partial charge in [-0.15, -0.1) is 0 Å². The number of hydrogen-bond acceptors (Lipinski definition) is 5. The molecule has 7 aromatic rings. The number of para-hydroxylation sites is 2. The fourth-order valence-electron chi connectivity index (χ4n) is 5.88. The highest BCUT2D eigenvalue weighted by atomic mass is 16.5. The van der Waals surface area contributed by atoms with Crippen LogP contribution in [0.2, 0.25) is 0 Å². The first-order chi connectivity index (χ1) is 24.6. The Bertz CT molecular complexity index is 2150. The first kappa shape index (κ1) is 32.0. The summed E-state index contributed by atoms with van der Waals surface area (Å²) in [6.07, 6.45) is 0. The van der Waals surface area contributed by atoms with Gasteiger partial charge in [-0.3, -0.25) is 4.79 Å². The molecule has 0 fully saturated rings. The molecule has 0 saturated heterocycles. The second-order valence-corrected chi connectivity index (χ2v) is 11.9. The Kier molecular flexibility index (Phi) is 9.38. The molecule has 0 heterocycles. The zero-order chi connectivity index (χ0) is 34.3. The third-order valence-electron chi connectivity index (χ3n) is 8.49. The highest BCUT2D eigenvalue weighted by molar-refractivity contribution is 6.09. The first-order valence-electron chi connectivity index (χ1n) is 16.5. The average Bonchev–Trinajstić information content (AvgIpc) is 3.18. The van der Waals surface area contributed by atoms with Gasteiger partial charge in [-0.2, -0.15) is 0 Å². The van der Waals surface area contributed by atoms with Crippen molar-refractivity contribution < 1.29 is 14.3 Å². The van der Waals surface area contributed by atoms with Crippen LogP contribution in [0.25, 0.3) is 0 Å². The minimum atomic E-state index is -0.0551. The van der Waals surface area contributed by atoms with Crippen LogP contribution in [0.1, 0.15) is 21.5 Å². The SMILES string of the molecule is COc1ccc(C(=O)c2ccc(Oc3ccc(N(c4ccccc4)c4ccc(N(c5ccccc5)c5ccc(C)cc5)cc4)cc3)cc2)cc1. The van der Waals surface area contributed by atoms with Crippen LogP contribution < -0.4 is 19.3 Å². The molecule has 0 aliphatic rings. The van der Waals surface area contributed by atoms with Crippen LogP contribution in [0.15, 0.2) is 182 Å². The largest absolute Gasteiger partial charge is 0.497 e. The van der Waals surface area contributed by atoms with E-state index in [0.717, 1.165) is 34.1 Å². The predicted octanol–water partition coefficient (Wildman–Crippen LogP) is 12.0. The lowest BCUT2D eigenvalue weighted by Crippen LogP contribution is -2.12. The zero-order valence-corrected chi connectivity index (χ0v) is 27.9. The Labute approximate surface area is 293 Å². The van der Waals surface area contributed by atoms with Crippen molar-refractivity contribution in [3.63, 3.8) is 0 Å². The monoisotopic (exact) mass is 652 g/mol. The molecule has 0 N–H and O–H groups in total. The number of ether oxygens (including phenoxy) is 2. The van der Waals surface area contributed by atoms with Gasteiger partial charge >= 0.3 is 0 Å². The number of ketones is 1. The second-order valence-electron chi connectivity index (χ2n) is 11.9. The van der Waals surface area contributed by atoms with E-state index in [9.17, 15) is 4.79 Å². The van der Waals surface area contributed by atoms with Gasteiger partial charge in [0.05, 0.1) is 7.11 Å². The van der Waals surface area contributed by atoms with Gasteiger partial charge in [-0.05, 0) is 140 Å². The molecule has 0 unspecified atom stereocenters. The van der Waals surface area contributed by atoms with Gasteiger partial charge in [0.15, 0.2) is 5.78 Å². The molecule has 0 atom stereocenters. The van der Waals surface area contributed by atoms with Crippen molar-refractivity contribution >= 4 is 39.9 Å². The molecule has 0 amide bonds. The van der Waals surface area contributed by atoms with Gasteiger partial charge in [-0.25, -0.2) is 0 Å². The summed E-state index contributed by atoms with van der Waals surface area (Å²) < 4.78 is 11.4. The van der Waals surface area contributed by atoms with Crippen molar-refractivity contribution in [2.24, 2.45) is 0 Å². The summed E-state index contributed by atoms with van der Waals surface area (Å²) in [6.45, 7) is 2.11. The normalized spacial score (nSPS) is 10.7. The van der Waals surface area contributed by atoms with Gasteiger partial charge in [0.1, 0.15) is 17.2 Å². The van der Waals surface area contributed by atoms with E-state index >= 15 is 0 Å². The molecule has 0 aliphatic carbocycles. The summed E-state index contributed by atoms with van der Waals surface area (Å²) >= 11 is 0. The highest BCUT2D eigenvalue weighted by Crippen LogP contribution is 2.39. The van der Waals surface area contributed by atoms with E-state index in [4.69, 9.17) is 9.47 Å². The van der Waals surface area contributed by atoms with Crippen LogP contribution in [0.3, 0.4) is 0 Å². The molecule has 5 heteroatoms. The van der Waals surface area contributed by atoms with E-state index in [0.29, 0.717) is 28.4 Å². The molecule has 7 rings (SSSR count). The Balaban J connectivity index is 1.12. The molecule has 244 valence electrons. The van der Waals surface area contributed by atoms with E-state index in [-0.39, 0.29) is 5.78 Å². The standard InChI is InChI=1S/C45H36N2O3/c1-33-13-19-38(20-14-33)46(36-9-5-3-6-10-36)39-21-23-40(24-22-39)47(37-11-7-4-8-12-37)41-25-31-44(32-26-41)50-43-29-17-35(18-30-43)45(48)34-15-27-42(49-2)28-16-34/h3-32H,1-2H3. The Morgan fingerprint density at radius 3 is 1.12 bits per heavy atom. The summed E-state index contributed by atoms with van der Waals surface area (Å²) in [5.41, 5.74) is 8.75. The fourth-order valence-corrected chi connectivity index (χ4v) is 5.88. The molecular weight excluding hydrogens is 617 g/mol. The molecule has 0 saturated carbocycles. The van der Waals surface area contributed by atoms with Gasteiger partial charge in [0.25, 0.3) is 0 Å². The van der Waals surface area contributed by atoms with Crippen LogP contribution in [-0.2, 0) is 0 Å². The maximum atomic E-state index is 13.0. The van der Waals surface area contributed by atoms with Gasteiger partial charge in [-0.1, -0.05) is 54.1 Å². The minimum absolute atomic E-state index is 0.0551. The van der Waals surface area contributed by atoms with Crippen LogP contribution in [0.4, 0.5) is 34.1 Å². The zero-order valence-electron chi connectivity index (χ0n) is 27.9. The Morgan fingerprint density at radius 1 is 0.400 bits per heavy atom. The van der Waals surface area contributed by atoms with Crippen LogP contribution in [0, 0.1) is 6.92 Å². The lowest BCUT2D eigenvalue weighted by Gasteiger charge is -2.28. The number of nitrogens with zero attached hydrogens (tertiary/aromatic N) is 2. The number of aryl methyl sites for hydroxylation is 1.